The van der Waals surface area contributed by atoms with Crippen LogP contribution in [-0.4, -0.2) is 27.3 Å². The van der Waals surface area contributed by atoms with Crippen molar-refractivity contribution < 1.29 is 9.47 Å². The maximum Gasteiger partial charge on any atom is 0.140 e. The van der Waals surface area contributed by atoms with Crippen LogP contribution in [-0.2, 0) is 0 Å². The van der Waals surface area contributed by atoms with Gasteiger partial charge in [-0.3, -0.25) is 0 Å². The van der Waals surface area contributed by atoms with E-state index in [1.807, 2.05) is 6.07 Å². The van der Waals surface area contributed by atoms with Crippen molar-refractivity contribution in [1.29, 1.82) is 0 Å². The van der Waals surface area contributed by atoms with E-state index < -0.39 is 0 Å². The third-order valence-electron chi connectivity index (χ3n) is 4.05. The molecule has 0 aliphatic carbocycles. The van der Waals surface area contributed by atoms with Gasteiger partial charge in [0.15, 0.2) is 0 Å². The molecule has 1 aliphatic rings. The molecule has 1 aliphatic heterocycles. The minimum Gasteiger partial charge on any atom is -0.495 e. The van der Waals surface area contributed by atoms with E-state index in [1.54, 1.807) is 14.2 Å². The first-order valence-electron chi connectivity index (χ1n) is 6.84. The molecule has 1 fully saturated rings. The zero-order valence-electron chi connectivity index (χ0n) is 11.8. The number of ether oxygens (including phenoxy) is 2. The Morgan fingerprint density at radius 2 is 2.11 bits per heavy atom. The largest absolute Gasteiger partial charge is 0.495 e. The molecule has 2 atom stereocenters. The number of nitrogens with one attached hydrogen (secondary N) is 1. The fraction of sp³-hybridized carbons (Fsp3) is 0.600. The van der Waals surface area contributed by atoms with Crippen LogP contribution in [0, 0.1) is 5.92 Å². The van der Waals surface area contributed by atoms with Crippen molar-refractivity contribution in [3.63, 3.8) is 0 Å². The summed E-state index contributed by atoms with van der Waals surface area (Å²) in [5, 5.41) is 3.48. The van der Waals surface area contributed by atoms with Crippen molar-refractivity contribution in [3.05, 3.63) is 22.2 Å². The number of hydrogen-bond acceptors (Lipinski definition) is 3. The SMILES string of the molecule is CCC1CNCCC1c1ccc(OC)c(Br)c1OC. The van der Waals surface area contributed by atoms with Crippen LogP contribution in [0.1, 0.15) is 31.2 Å². The molecule has 1 N–H and O–H groups in total. The number of benzene rings is 1. The smallest absolute Gasteiger partial charge is 0.140 e. The van der Waals surface area contributed by atoms with Crippen molar-refractivity contribution in [2.75, 3.05) is 27.3 Å². The maximum absolute atomic E-state index is 5.62. The summed E-state index contributed by atoms with van der Waals surface area (Å²) in [5.41, 5.74) is 1.29. The average molecular weight is 328 g/mol. The molecule has 1 heterocycles. The van der Waals surface area contributed by atoms with E-state index in [4.69, 9.17) is 9.47 Å². The highest BCUT2D eigenvalue weighted by molar-refractivity contribution is 9.10. The highest BCUT2D eigenvalue weighted by Crippen LogP contribution is 2.44. The van der Waals surface area contributed by atoms with Gasteiger partial charge in [-0.25, -0.2) is 0 Å². The van der Waals surface area contributed by atoms with Gasteiger partial charge in [-0.2, -0.15) is 0 Å². The second kappa shape index (κ2) is 6.62. The number of piperidine rings is 1. The molecule has 106 valence electrons. The summed E-state index contributed by atoms with van der Waals surface area (Å²) in [5.74, 6) is 2.97. The molecule has 0 saturated carbocycles. The van der Waals surface area contributed by atoms with Gasteiger partial charge < -0.3 is 14.8 Å². The third-order valence-corrected chi connectivity index (χ3v) is 4.80. The standard InChI is InChI=1S/C15H22BrNO2/c1-4-10-9-17-8-7-11(10)12-5-6-13(18-2)14(16)15(12)19-3/h5-6,10-11,17H,4,7-9H2,1-3H3. The third kappa shape index (κ3) is 2.90. The Balaban J connectivity index is 2.40. The van der Waals surface area contributed by atoms with E-state index in [2.05, 4.69) is 34.2 Å². The van der Waals surface area contributed by atoms with Gasteiger partial charge >= 0.3 is 0 Å². The van der Waals surface area contributed by atoms with Crippen LogP contribution in [0.3, 0.4) is 0 Å². The molecule has 2 unspecified atom stereocenters. The number of methoxy groups -OCH3 is 2. The zero-order chi connectivity index (χ0) is 13.8. The Kier molecular flexibility index (Phi) is 5.11. The quantitative estimate of drug-likeness (QED) is 0.917. The van der Waals surface area contributed by atoms with Gasteiger partial charge in [0.2, 0.25) is 0 Å². The lowest BCUT2D eigenvalue weighted by Crippen LogP contribution is -2.35. The van der Waals surface area contributed by atoms with Crippen LogP contribution < -0.4 is 14.8 Å². The minimum atomic E-state index is 0.559. The molecule has 2 rings (SSSR count). The highest BCUT2D eigenvalue weighted by atomic mass is 79.9. The van der Waals surface area contributed by atoms with Crippen LogP contribution in [0.2, 0.25) is 0 Å². The summed E-state index contributed by atoms with van der Waals surface area (Å²) in [7, 11) is 3.41. The molecule has 4 heteroatoms. The molecule has 3 nitrogen and oxygen atoms in total. The Morgan fingerprint density at radius 1 is 1.32 bits per heavy atom. The van der Waals surface area contributed by atoms with E-state index in [-0.39, 0.29) is 0 Å². The first-order chi connectivity index (χ1) is 9.22. The summed E-state index contributed by atoms with van der Waals surface area (Å²) in [4.78, 5) is 0. The topological polar surface area (TPSA) is 30.5 Å². The molecule has 0 spiro atoms. The number of rotatable bonds is 4. The maximum atomic E-state index is 5.62. The van der Waals surface area contributed by atoms with Crippen molar-refractivity contribution in [2.24, 2.45) is 5.92 Å². The van der Waals surface area contributed by atoms with Gasteiger partial charge in [-0.1, -0.05) is 19.4 Å². The van der Waals surface area contributed by atoms with E-state index in [9.17, 15) is 0 Å². The normalized spacial score (nSPS) is 23.2. The van der Waals surface area contributed by atoms with E-state index in [1.165, 1.54) is 12.0 Å². The number of halogens is 1. The minimum absolute atomic E-state index is 0.559. The predicted octanol–water partition coefficient (Wildman–Crippen LogP) is 3.57. The van der Waals surface area contributed by atoms with E-state index in [0.29, 0.717) is 11.8 Å². The predicted molar refractivity (Wildman–Crippen MR) is 81.3 cm³/mol. The van der Waals surface area contributed by atoms with Gasteiger partial charge in [0.25, 0.3) is 0 Å². The fourth-order valence-corrected chi connectivity index (χ4v) is 3.66. The lowest BCUT2D eigenvalue weighted by molar-refractivity contribution is 0.306. The van der Waals surface area contributed by atoms with E-state index >= 15 is 0 Å². The van der Waals surface area contributed by atoms with Crippen LogP contribution >= 0.6 is 15.9 Å². The summed E-state index contributed by atoms with van der Waals surface area (Å²) < 4.78 is 11.9. The monoisotopic (exact) mass is 327 g/mol. The van der Waals surface area contributed by atoms with Gasteiger partial charge in [0, 0.05) is 0 Å². The molecule has 0 aromatic heterocycles. The van der Waals surface area contributed by atoms with Crippen LogP contribution in [0.4, 0.5) is 0 Å². The molecule has 0 radical (unpaired) electrons. The van der Waals surface area contributed by atoms with Crippen molar-refractivity contribution in [3.8, 4) is 11.5 Å². The zero-order valence-corrected chi connectivity index (χ0v) is 13.4. The van der Waals surface area contributed by atoms with Gasteiger partial charge in [0.05, 0.1) is 14.2 Å². The molecular formula is C15H22BrNO2. The Hall–Kier alpha value is -0.740. The lowest BCUT2D eigenvalue weighted by Gasteiger charge is -2.33. The summed E-state index contributed by atoms with van der Waals surface area (Å²) in [6.07, 6.45) is 2.35. The van der Waals surface area contributed by atoms with Gasteiger partial charge in [-0.05, 0) is 58.9 Å². The molecule has 19 heavy (non-hydrogen) atoms. The highest BCUT2D eigenvalue weighted by Gasteiger charge is 2.28. The molecular weight excluding hydrogens is 306 g/mol. The van der Waals surface area contributed by atoms with Gasteiger partial charge in [-0.15, -0.1) is 0 Å². The molecule has 1 aromatic rings. The van der Waals surface area contributed by atoms with Crippen LogP contribution in [0.15, 0.2) is 16.6 Å². The van der Waals surface area contributed by atoms with E-state index in [0.717, 1.165) is 35.5 Å². The second-order valence-electron chi connectivity index (χ2n) is 4.97. The van der Waals surface area contributed by atoms with Crippen molar-refractivity contribution >= 4 is 15.9 Å². The van der Waals surface area contributed by atoms with Crippen molar-refractivity contribution in [2.45, 2.75) is 25.7 Å². The van der Waals surface area contributed by atoms with Crippen LogP contribution in [0.5, 0.6) is 11.5 Å². The number of hydrogen-bond donors (Lipinski definition) is 1. The lowest BCUT2D eigenvalue weighted by atomic mass is 9.79. The second-order valence-corrected chi connectivity index (χ2v) is 5.76. The molecule has 1 aromatic carbocycles. The first-order valence-corrected chi connectivity index (χ1v) is 7.63. The van der Waals surface area contributed by atoms with Crippen LogP contribution in [0.25, 0.3) is 0 Å². The summed E-state index contributed by atoms with van der Waals surface area (Å²) in [6.45, 7) is 4.43. The molecule has 0 bridgehead atoms. The van der Waals surface area contributed by atoms with Crippen molar-refractivity contribution in [1.82, 2.24) is 5.32 Å². The molecule has 0 amide bonds. The van der Waals surface area contributed by atoms with Gasteiger partial charge in [0.1, 0.15) is 16.0 Å². The Morgan fingerprint density at radius 3 is 2.74 bits per heavy atom. The molecule has 1 saturated heterocycles. The summed E-state index contributed by atoms with van der Waals surface area (Å²) in [6, 6.07) is 4.18. The Labute approximate surface area is 123 Å². The fourth-order valence-electron chi connectivity index (χ4n) is 2.97. The summed E-state index contributed by atoms with van der Waals surface area (Å²) >= 11 is 3.60. The average Bonchev–Trinajstić information content (AvgIpc) is 2.46. The Bertz CT molecular complexity index is 436. The first kappa shape index (κ1) is 14.7.